The summed E-state index contributed by atoms with van der Waals surface area (Å²) in [6.45, 7) is 2.35. The van der Waals surface area contributed by atoms with Gasteiger partial charge in [0, 0.05) is 19.2 Å². The van der Waals surface area contributed by atoms with Gasteiger partial charge in [0.1, 0.15) is 5.82 Å². The van der Waals surface area contributed by atoms with Crippen LogP contribution in [0.1, 0.15) is 43.0 Å². The van der Waals surface area contributed by atoms with Crippen LogP contribution in [0, 0.1) is 11.7 Å². The van der Waals surface area contributed by atoms with E-state index in [9.17, 15) is 9.18 Å². The number of carbonyl (C=O) groups excluding carboxylic acids is 1. The molecule has 3 heteroatoms. The third kappa shape index (κ3) is 2.89. The van der Waals surface area contributed by atoms with E-state index < -0.39 is 0 Å². The largest absolute Gasteiger partial charge is 0.372 e. The Labute approximate surface area is 108 Å². The fourth-order valence-electron chi connectivity index (χ4n) is 2.71. The Morgan fingerprint density at radius 2 is 2.06 bits per heavy atom. The molecule has 0 bridgehead atoms. The van der Waals surface area contributed by atoms with Gasteiger partial charge < -0.3 is 4.90 Å². The fourth-order valence-corrected chi connectivity index (χ4v) is 2.71. The lowest BCUT2D eigenvalue weighted by molar-refractivity contribution is 0.101. The van der Waals surface area contributed by atoms with E-state index in [1.165, 1.54) is 38.7 Å². The molecule has 2 rings (SSSR count). The minimum absolute atomic E-state index is 0.0982. The van der Waals surface area contributed by atoms with E-state index in [0.29, 0.717) is 17.2 Å². The Balaban J connectivity index is 2.09. The molecular formula is C15H20FNO. The van der Waals surface area contributed by atoms with Gasteiger partial charge in [-0.3, -0.25) is 4.79 Å². The Kier molecular flexibility index (Phi) is 4.00. The zero-order valence-electron chi connectivity index (χ0n) is 11.1. The van der Waals surface area contributed by atoms with Crippen LogP contribution in [-0.2, 0) is 0 Å². The molecule has 1 aliphatic carbocycles. The normalized spacial score (nSPS) is 15.9. The third-order valence-corrected chi connectivity index (χ3v) is 3.77. The Morgan fingerprint density at radius 1 is 1.39 bits per heavy atom. The summed E-state index contributed by atoms with van der Waals surface area (Å²) in [5.74, 6) is 0.281. The second kappa shape index (κ2) is 5.51. The van der Waals surface area contributed by atoms with Gasteiger partial charge in [-0.05, 0) is 43.9 Å². The molecule has 2 nitrogen and oxygen atoms in total. The lowest BCUT2D eigenvalue weighted by atomic mass is 10.1. The van der Waals surface area contributed by atoms with Crippen LogP contribution >= 0.6 is 0 Å². The van der Waals surface area contributed by atoms with E-state index in [2.05, 4.69) is 0 Å². The second-order valence-corrected chi connectivity index (χ2v) is 5.25. The molecule has 0 aliphatic heterocycles. The van der Waals surface area contributed by atoms with Crippen LogP contribution in [0.25, 0.3) is 0 Å². The van der Waals surface area contributed by atoms with Gasteiger partial charge in [-0.1, -0.05) is 12.8 Å². The first kappa shape index (κ1) is 13.1. The van der Waals surface area contributed by atoms with E-state index in [0.717, 1.165) is 6.54 Å². The van der Waals surface area contributed by atoms with E-state index in [1.807, 2.05) is 11.9 Å². The van der Waals surface area contributed by atoms with Gasteiger partial charge in [-0.15, -0.1) is 0 Å². The zero-order chi connectivity index (χ0) is 13.1. The van der Waals surface area contributed by atoms with Crippen molar-refractivity contribution in [2.75, 3.05) is 18.5 Å². The minimum Gasteiger partial charge on any atom is -0.372 e. The molecule has 0 unspecified atom stereocenters. The highest BCUT2D eigenvalue weighted by Gasteiger charge is 2.18. The van der Waals surface area contributed by atoms with Crippen molar-refractivity contribution in [3.8, 4) is 0 Å². The number of Topliss-reactive ketones (excluding diaryl/α,β-unsaturated/α-hetero) is 1. The lowest BCUT2D eigenvalue weighted by Crippen LogP contribution is -2.24. The molecule has 1 aliphatic rings. The third-order valence-electron chi connectivity index (χ3n) is 3.77. The fraction of sp³-hybridized carbons (Fsp3) is 0.533. The van der Waals surface area contributed by atoms with E-state index in [-0.39, 0.29) is 11.6 Å². The van der Waals surface area contributed by atoms with Crippen molar-refractivity contribution in [2.24, 2.45) is 5.92 Å². The number of rotatable bonds is 4. The topological polar surface area (TPSA) is 20.3 Å². The molecule has 1 saturated carbocycles. The van der Waals surface area contributed by atoms with Crippen LogP contribution in [0.4, 0.5) is 10.1 Å². The molecule has 1 aromatic rings. The van der Waals surface area contributed by atoms with E-state index in [4.69, 9.17) is 0 Å². The molecule has 1 fully saturated rings. The lowest BCUT2D eigenvalue weighted by Gasteiger charge is -2.23. The Morgan fingerprint density at radius 3 is 2.61 bits per heavy atom. The van der Waals surface area contributed by atoms with Gasteiger partial charge in [0.05, 0.1) is 5.69 Å². The Hall–Kier alpha value is -1.38. The average molecular weight is 249 g/mol. The average Bonchev–Trinajstić information content (AvgIpc) is 2.81. The van der Waals surface area contributed by atoms with Crippen LogP contribution in [0.5, 0.6) is 0 Å². The number of hydrogen-bond acceptors (Lipinski definition) is 2. The maximum absolute atomic E-state index is 13.9. The van der Waals surface area contributed by atoms with E-state index in [1.54, 1.807) is 12.1 Å². The number of carbonyl (C=O) groups is 1. The first-order valence-electron chi connectivity index (χ1n) is 6.59. The maximum atomic E-state index is 13.9. The Bertz CT molecular complexity index is 438. The summed E-state index contributed by atoms with van der Waals surface area (Å²) < 4.78 is 13.9. The molecule has 0 spiro atoms. The van der Waals surface area contributed by atoms with Crippen molar-refractivity contribution in [3.63, 3.8) is 0 Å². The molecule has 0 heterocycles. The van der Waals surface area contributed by atoms with Gasteiger partial charge in [-0.2, -0.15) is 0 Å². The van der Waals surface area contributed by atoms with Crippen LogP contribution in [0.3, 0.4) is 0 Å². The number of halogens is 1. The van der Waals surface area contributed by atoms with Crippen molar-refractivity contribution >= 4 is 11.5 Å². The summed E-state index contributed by atoms with van der Waals surface area (Å²) in [6, 6.07) is 4.75. The summed E-state index contributed by atoms with van der Waals surface area (Å²) in [5, 5.41) is 0. The number of anilines is 1. The molecule has 0 radical (unpaired) electrons. The first-order chi connectivity index (χ1) is 8.58. The second-order valence-electron chi connectivity index (χ2n) is 5.25. The summed E-state index contributed by atoms with van der Waals surface area (Å²) in [7, 11) is 1.92. The molecule has 0 amide bonds. The number of ketones is 1. The predicted molar refractivity (Wildman–Crippen MR) is 71.6 cm³/mol. The van der Waals surface area contributed by atoms with Crippen molar-refractivity contribution in [1.82, 2.24) is 0 Å². The van der Waals surface area contributed by atoms with Crippen LogP contribution in [0.2, 0.25) is 0 Å². The van der Waals surface area contributed by atoms with Crippen molar-refractivity contribution in [2.45, 2.75) is 32.6 Å². The van der Waals surface area contributed by atoms with E-state index >= 15 is 0 Å². The number of nitrogens with zero attached hydrogens (tertiary/aromatic N) is 1. The highest BCUT2D eigenvalue weighted by Crippen LogP contribution is 2.28. The summed E-state index contributed by atoms with van der Waals surface area (Å²) in [6.07, 6.45) is 5.09. The number of hydrogen-bond donors (Lipinski definition) is 0. The van der Waals surface area contributed by atoms with Gasteiger partial charge in [0.15, 0.2) is 5.78 Å². The highest BCUT2D eigenvalue weighted by atomic mass is 19.1. The minimum atomic E-state index is -0.303. The molecule has 0 atom stereocenters. The maximum Gasteiger partial charge on any atom is 0.159 e. The van der Waals surface area contributed by atoms with Gasteiger partial charge in [0.2, 0.25) is 0 Å². The quantitative estimate of drug-likeness (QED) is 0.759. The van der Waals surface area contributed by atoms with Gasteiger partial charge in [0.25, 0.3) is 0 Å². The summed E-state index contributed by atoms with van der Waals surface area (Å²) in [5.41, 5.74) is 1.03. The molecule has 0 N–H and O–H groups in total. The van der Waals surface area contributed by atoms with Crippen molar-refractivity contribution in [1.29, 1.82) is 0 Å². The standard InChI is InChI=1S/C15H20FNO/c1-11(18)13-7-8-15(14(16)9-13)17(2)10-12-5-3-4-6-12/h7-9,12H,3-6,10H2,1-2H3. The predicted octanol–water partition coefficient (Wildman–Crippen LogP) is 3.65. The first-order valence-corrected chi connectivity index (χ1v) is 6.59. The number of benzene rings is 1. The molecule has 98 valence electrons. The molecule has 0 saturated heterocycles. The van der Waals surface area contributed by atoms with Crippen LogP contribution in [0.15, 0.2) is 18.2 Å². The van der Waals surface area contributed by atoms with Crippen molar-refractivity contribution in [3.05, 3.63) is 29.6 Å². The summed E-state index contributed by atoms with van der Waals surface area (Å²) >= 11 is 0. The molecule has 18 heavy (non-hydrogen) atoms. The molecule has 1 aromatic carbocycles. The summed E-state index contributed by atoms with van der Waals surface area (Å²) in [4.78, 5) is 13.1. The highest BCUT2D eigenvalue weighted by molar-refractivity contribution is 5.94. The van der Waals surface area contributed by atoms with Crippen molar-refractivity contribution < 1.29 is 9.18 Å². The monoisotopic (exact) mass is 249 g/mol. The molecule has 0 aromatic heterocycles. The zero-order valence-corrected chi connectivity index (χ0v) is 11.1. The SMILES string of the molecule is CC(=O)c1ccc(N(C)CC2CCCC2)c(F)c1. The van der Waals surface area contributed by atoms with Crippen LogP contribution < -0.4 is 4.90 Å². The van der Waals surface area contributed by atoms with Crippen LogP contribution in [-0.4, -0.2) is 19.4 Å². The molecular weight excluding hydrogens is 229 g/mol. The van der Waals surface area contributed by atoms with Gasteiger partial charge in [-0.25, -0.2) is 4.39 Å². The smallest absolute Gasteiger partial charge is 0.159 e. The van der Waals surface area contributed by atoms with Gasteiger partial charge >= 0.3 is 0 Å².